The van der Waals surface area contributed by atoms with E-state index in [-0.39, 0.29) is 11.4 Å². The number of aromatic nitrogens is 4. The normalized spacial score (nSPS) is 17.7. The molecule has 0 atom stereocenters. The highest BCUT2D eigenvalue weighted by atomic mass is 16.2. The topological polar surface area (TPSA) is 75.9 Å². The largest absolute Gasteiger partial charge is 0.331 e. The monoisotopic (exact) mass is 286 g/mol. The Morgan fingerprint density at radius 2 is 2.05 bits per heavy atom. The van der Waals surface area contributed by atoms with Crippen LogP contribution in [0, 0.1) is 0 Å². The van der Waals surface area contributed by atoms with E-state index in [1.165, 1.54) is 6.33 Å². The van der Waals surface area contributed by atoms with Crippen LogP contribution in [0.15, 0.2) is 30.6 Å². The number of hydrogen-bond acceptors (Lipinski definition) is 5. The Bertz CT molecular complexity index is 619. The van der Waals surface area contributed by atoms with Gasteiger partial charge in [-0.2, -0.15) is 0 Å². The predicted octanol–water partition coefficient (Wildman–Crippen LogP) is 0.486. The van der Waals surface area contributed by atoms with E-state index in [4.69, 9.17) is 0 Å². The molecule has 0 radical (unpaired) electrons. The van der Waals surface area contributed by atoms with Gasteiger partial charge in [-0.3, -0.25) is 4.79 Å². The van der Waals surface area contributed by atoms with Crippen LogP contribution in [0.2, 0.25) is 0 Å². The van der Waals surface area contributed by atoms with Crippen LogP contribution in [-0.4, -0.2) is 56.2 Å². The number of carbonyl (C=O) groups is 1. The molecule has 1 fully saturated rings. The first kappa shape index (κ1) is 13.7. The van der Waals surface area contributed by atoms with Crippen LogP contribution in [0.1, 0.15) is 24.2 Å². The number of nitrogens with one attached hydrogen (secondary N) is 1. The number of carbonyl (C=O) groups excluding carboxylic acids is 1. The molecule has 1 aliphatic rings. The lowest BCUT2D eigenvalue weighted by Gasteiger charge is -2.42. The third-order valence-corrected chi connectivity index (χ3v) is 3.77. The molecule has 1 amide bonds. The van der Waals surface area contributed by atoms with Gasteiger partial charge in [-0.05, 0) is 48.5 Å². The summed E-state index contributed by atoms with van der Waals surface area (Å²) in [6.07, 6.45) is 1.52. The smallest absolute Gasteiger partial charge is 0.254 e. The van der Waals surface area contributed by atoms with Gasteiger partial charge in [-0.25, -0.2) is 4.68 Å². The summed E-state index contributed by atoms with van der Waals surface area (Å²) in [5.41, 5.74) is 1.34. The van der Waals surface area contributed by atoms with E-state index in [1.54, 1.807) is 4.68 Å². The number of amides is 1. The van der Waals surface area contributed by atoms with Gasteiger partial charge in [0.15, 0.2) is 0 Å². The van der Waals surface area contributed by atoms with Crippen molar-refractivity contribution in [2.75, 3.05) is 19.6 Å². The molecule has 3 rings (SSSR count). The Kier molecular flexibility index (Phi) is 3.42. The molecule has 110 valence electrons. The second-order valence-corrected chi connectivity index (χ2v) is 5.75. The van der Waals surface area contributed by atoms with Crippen molar-refractivity contribution >= 4 is 5.91 Å². The minimum absolute atomic E-state index is 0.0600. The maximum atomic E-state index is 12.7. The zero-order valence-corrected chi connectivity index (χ0v) is 12.2. The van der Waals surface area contributed by atoms with Gasteiger partial charge in [-0.15, -0.1) is 5.10 Å². The van der Waals surface area contributed by atoms with Crippen LogP contribution in [0.5, 0.6) is 0 Å². The quantitative estimate of drug-likeness (QED) is 0.869. The number of benzene rings is 1. The van der Waals surface area contributed by atoms with Crippen molar-refractivity contribution in [3.63, 3.8) is 0 Å². The van der Waals surface area contributed by atoms with Crippen molar-refractivity contribution in [2.45, 2.75) is 19.4 Å². The highest BCUT2D eigenvalue weighted by Gasteiger charge is 2.33. The molecule has 0 unspecified atom stereocenters. The maximum Gasteiger partial charge on any atom is 0.254 e. The van der Waals surface area contributed by atoms with E-state index in [0.29, 0.717) is 5.56 Å². The summed E-state index contributed by atoms with van der Waals surface area (Å²) in [4.78, 5) is 14.6. The molecule has 0 bridgehead atoms. The molecule has 0 saturated carbocycles. The fourth-order valence-electron chi connectivity index (χ4n) is 2.55. The van der Waals surface area contributed by atoms with Gasteiger partial charge in [0.05, 0.1) is 11.2 Å². The Hall–Kier alpha value is -2.28. The molecule has 2 aromatic rings. The van der Waals surface area contributed by atoms with Gasteiger partial charge in [0.2, 0.25) is 0 Å². The van der Waals surface area contributed by atoms with Gasteiger partial charge >= 0.3 is 0 Å². The first-order valence-corrected chi connectivity index (χ1v) is 6.94. The van der Waals surface area contributed by atoms with Crippen LogP contribution in [0.4, 0.5) is 0 Å². The second kappa shape index (κ2) is 5.25. The van der Waals surface area contributed by atoms with Crippen LogP contribution in [0.25, 0.3) is 5.69 Å². The predicted molar refractivity (Wildman–Crippen MR) is 77.1 cm³/mol. The molecule has 7 nitrogen and oxygen atoms in total. The fourth-order valence-corrected chi connectivity index (χ4v) is 2.55. The molecule has 1 aliphatic heterocycles. The number of hydrogen-bond donors (Lipinski definition) is 1. The van der Waals surface area contributed by atoms with Crippen molar-refractivity contribution in [3.05, 3.63) is 36.2 Å². The van der Waals surface area contributed by atoms with Crippen molar-refractivity contribution in [1.82, 2.24) is 30.4 Å². The zero-order valence-electron chi connectivity index (χ0n) is 12.2. The molecule has 2 heterocycles. The first-order valence-electron chi connectivity index (χ1n) is 6.94. The summed E-state index contributed by atoms with van der Waals surface area (Å²) in [5.74, 6) is 0.0600. The molecular formula is C14H18N6O. The summed E-state index contributed by atoms with van der Waals surface area (Å²) < 4.78 is 1.56. The summed E-state index contributed by atoms with van der Waals surface area (Å²) in [6.45, 7) is 6.51. The second-order valence-electron chi connectivity index (χ2n) is 5.75. The van der Waals surface area contributed by atoms with Crippen LogP contribution in [-0.2, 0) is 0 Å². The summed E-state index contributed by atoms with van der Waals surface area (Å²) >= 11 is 0. The molecule has 21 heavy (non-hydrogen) atoms. The lowest BCUT2D eigenvalue weighted by Crippen LogP contribution is -2.59. The van der Waals surface area contributed by atoms with E-state index in [1.807, 2.05) is 29.2 Å². The Labute approximate surface area is 122 Å². The standard InChI is InChI=1S/C14H18N6O/c1-14(2)9-15-7-8-19(14)13(21)11-3-5-12(6-4-11)20-10-16-17-18-20/h3-6,10,15H,7-9H2,1-2H3. The third-order valence-electron chi connectivity index (χ3n) is 3.77. The maximum absolute atomic E-state index is 12.7. The van der Waals surface area contributed by atoms with Crippen LogP contribution in [0.3, 0.4) is 0 Å². The average molecular weight is 286 g/mol. The van der Waals surface area contributed by atoms with E-state index in [2.05, 4.69) is 34.7 Å². The van der Waals surface area contributed by atoms with Gasteiger partial charge in [0, 0.05) is 25.2 Å². The Morgan fingerprint density at radius 1 is 1.29 bits per heavy atom. The van der Waals surface area contributed by atoms with Gasteiger partial charge in [-0.1, -0.05) is 0 Å². The molecule has 0 aliphatic carbocycles. The van der Waals surface area contributed by atoms with E-state index < -0.39 is 0 Å². The summed E-state index contributed by atoms with van der Waals surface area (Å²) in [5, 5.41) is 14.3. The van der Waals surface area contributed by atoms with Crippen molar-refractivity contribution < 1.29 is 4.79 Å². The summed E-state index contributed by atoms with van der Waals surface area (Å²) in [6, 6.07) is 7.33. The van der Waals surface area contributed by atoms with E-state index in [0.717, 1.165) is 25.3 Å². The molecule has 7 heteroatoms. The van der Waals surface area contributed by atoms with Crippen LogP contribution >= 0.6 is 0 Å². The minimum atomic E-state index is -0.177. The van der Waals surface area contributed by atoms with Crippen molar-refractivity contribution in [2.24, 2.45) is 0 Å². The number of rotatable bonds is 2. The zero-order chi connectivity index (χ0) is 14.9. The molecule has 1 saturated heterocycles. The van der Waals surface area contributed by atoms with Gasteiger partial charge < -0.3 is 10.2 Å². The number of tetrazole rings is 1. The first-order chi connectivity index (χ1) is 10.1. The highest BCUT2D eigenvalue weighted by Crippen LogP contribution is 2.20. The SMILES string of the molecule is CC1(C)CNCCN1C(=O)c1ccc(-n2cnnn2)cc1. The molecule has 0 spiro atoms. The number of nitrogens with zero attached hydrogens (tertiary/aromatic N) is 5. The number of piperazine rings is 1. The van der Waals surface area contributed by atoms with Gasteiger partial charge in [0.1, 0.15) is 6.33 Å². The molecular weight excluding hydrogens is 268 g/mol. The van der Waals surface area contributed by atoms with Crippen LogP contribution < -0.4 is 5.32 Å². The third kappa shape index (κ3) is 2.64. The van der Waals surface area contributed by atoms with E-state index in [9.17, 15) is 4.79 Å². The molecule has 1 aromatic carbocycles. The Balaban J connectivity index is 1.82. The molecule has 1 N–H and O–H groups in total. The average Bonchev–Trinajstić information content (AvgIpc) is 3.00. The van der Waals surface area contributed by atoms with Crippen molar-refractivity contribution in [3.8, 4) is 5.69 Å². The fraction of sp³-hybridized carbons (Fsp3) is 0.429. The highest BCUT2D eigenvalue weighted by molar-refractivity contribution is 5.95. The summed E-state index contributed by atoms with van der Waals surface area (Å²) in [7, 11) is 0. The van der Waals surface area contributed by atoms with Crippen molar-refractivity contribution in [1.29, 1.82) is 0 Å². The molecule has 1 aromatic heterocycles. The van der Waals surface area contributed by atoms with E-state index >= 15 is 0 Å². The van der Waals surface area contributed by atoms with Gasteiger partial charge in [0.25, 0.3) is 5.91 Å². The lowest BCUT2D eigenvalue weighted by atomic mass is 9.98. The Morgan fingerprint density at radius 3 is 2.67 bits per heavy atom. The minimum Gasteiger partial charge on any atom is -0.331 e. The lowest BCUT2D eigenvalue weighted by molar-refractivity contribution is 0.0477.